The van der Waals surface area contributed by atoms with Crippen LogP contribution >= 0.6 is 0 Å². The summed E-state index contributed by atoms with van der Waals surface area (Å²) in [7, 11) is -1.39. The van der Waals surface area contributed by atoms with Crippen molar-refractivity contribution < 1.29 is 12.8 Å². The average molecular weight is 328 g/mol. The molecule has 0 aliphatic carbocycles. The number of fused-ring (bicyclic) bond motifs is 1. The number of rotatable bonds is 3. The van der Waals surface area contributed by atoms with Crippen LogP contribution in [0.5, 0.6) is 0 Å². The molecule has 0 saturated carbocycles. The van der Waals surface area contributed by atoms with Crippen molar-refractivity contribution in [2.24, 2.45) is 0 Å². The third-order valence-corrected chi connectivity index (χ3v) is 6.30. The second kappa shape index (κ2) is 5.92. The molecule has 0 atom stereocenters. The maximum Gasteiger partial charge on any atom is 0.282 e. The van der Waals surface area contributed by atoms with Gasteiger partial charge in [0.05, 0.1) is 12.2 Å². The van der Waals surface area contributed by atoms with E-state index in [4.69, 9.17) is 4.42 Å². The van der Waals surface area contributed by atoms with Crippen LogP contribution in [0.15, 0.2) is 4.42 Å². The number of nitrogens with zero attached hydrogens (tertiary/aromatic N) is 4. The molecule has 0 spiro atoms. The molecular formula is C14H24N4O3S. The summed E-state index contributed by atoms with van der Waals surface area (Å²) < 4.78 is 34.4. The predicted molar refractivity (Wildman–Crippen MR) is 82.7 cm³/mol. The Morgan fingerprint density at radius 2 is 1.77 bits per heavy atom. The second-order valence-electron chi connectivity index (χ2n) is 6.37. The Bertz CT molecular complexity index is 633. The Labute approximate surface area is 132 Å². The minimum absolute atomic E-state index is 0.216. The van der Waals surface area contributed by atoms with E-state index in [1.165, 1.54) is 4.31 Å². The molecule has 0 radical (unpaired) electrons. The second-order valence-corrected chi connectivity index (χ2v) is 8.30. The molecule has 3 heterocycles. The van der Waals surface area contributed by atoms with Gasteiger partial charge in [0.25, 0.3) is 10.2 Å². The fraction of sp³-hybridized carbons (Fsp3) is 0.786. The van der Waals surface area contributed by atoms with Gasteiger partial charge in [-0.05, 0) is 7.05 Å². The standard InChI is InChI=1S/C14H24N4O3S/c1-11(2)14-15-12-10-18(5-4-13(12)21-14)22(19,20)17-8-6-16(3)7-9-17/h11H,4-10H2,1-3H3. The molecule has 0 bridgehead atoms. The third-order valence-electron chi connectivity index (χ3n) is 4.32. The number of hydrogen-bond acceptors (Lipinski definition) is 5. The van der Waals surface area contributed by atoms with E-state index in [1.807, 2.05) is 20.9 Å². The van der Waals surface area contributed by atoms with Gasteiger partial charge in [0.15, 0.2) is 5.89 Å². The average Bonchev–Trinajstić information content (AvgIpc) is 2.91. The molecule has 0 amide bonds. The summed E-state index contributed by atoms with van der Waals surface area (Å²) in [6.07, 6.45) is 0.599. The van der Waals surface area contributed by atoms with Gasteiger partial charge in [0.1, 0.15) is 5.76 Å². The SMILES string of the molecule is CC(C)c1nc2c(o1)CCN(S(=O)(=O)N1CCN(C)CC1)C2. The van der Waals surface area contributed by atoms with Crippen LogP contribution in [0.1, 0.15) is 37.1 Å². The van der Waals surface area contributed by atoms with Crippen LogP contribution in [0.25, 0.3) is 0 Å². The van der Waals surface area contributed by atoms with Crippen LogP contribution in [-0.4, -0.2) is 66.7 Å². The van der Waals surface area contributed by atoms with Crippen LogP contribution in [-0.2, 0) is 23.2 Å². The van der Waals surface area contributed by atoms with E-state index in [0.29, 0.717) is 38.5 Å². The summed E-state index contributed by atoms with van der Waals surface area (Å²) in [5.41, 5.74) is 0.771. The van der Waals surface area contributed by atoms with Crippen molar-refractivity contribution in [1.29, 1.82) is 0 Å². The van der Waals surface area contributed by atoms with Gasteiger partial charge in [-0.15, -0.1) is 0 Å². The zero-order valence-corrected chi connectivity index (χ0v) is 14.3. The number of likely N-dealkylation sites (N-methyl/N-ethyl adjacent to an activating group) is 1. The summed E-state index contributed by atoms with van der Waals surface area (Å²) in [4.78, 5) is 6.62. The van der Waals surface area contributed by atoms with E-state index < -0.39 is 10.2 Å². The highest BCUT2D eigenvalue weighted by Gasteiger charge is 2.35. The highest BCUT2D eigenvalue weighted by Crippen LogP contribution is 2.26. The Morgan fingerprint density at radius 1 is 1.09 bits per heavy atom. The minimum Gasteiger partial charge on any atom is -0.445 e. The normalized spacial score (nSPS) is 22.2. The minimum atomic E-state index is -3.40. The van der Waals surface area contributed by atoms with E-state index in [1.54, 1.807) is 4.31 Å². The molecule has 1 aromatic heterocycles. The molecular weight excluding hydrogens is 304 g/mol. The summed E-state index contributed by atoms with van der Waals surface area (Å²) in [5.74, 6) is 1.76. The molecule has 22 heavy (non-hydrogen) atoms. The van der Waals surface area contributed by atoms with Crippen LogP contribution in [0.3, 0.4) is 0 Å². The largest absolute Gasteiger partial charge is 0.445 e. The van der Waals surface area contributed by atoms with Gasteiger partial charge in [-0.3, -0.25) is 0 Å². The van der Waals surface area contributed by atoms with E-state index in [9.17, 15) is 8.42 Å². The van der Waals surface area contributed by atoms with Crippen molar-refractivity contribution in [2.45, 2.75) is 32.7 Å². The van der Waals surface area contributed by atoms with Crippen LogP contribution in [0, 0.1) is 0 Å². The van der Waals surface area contributed by atoms with Crippen molar-refractivity contribution in [3.63, 3.8) is 0 Å². The summed E-state index contributed by atoms with van der Waals surface area (Å²) >= 11 is 0. The van der Waals surface area contributed by atoms with Crippen LogP contribution < -0.4 is 0 Å². The molecule has 2 aliphatic heterocycles. The molecule has 7 nitrogen and oxygen atoms in total. The summed E-state index contributed by atoms with van der Waals surface area (Å²) in [6.45, 7) is 7.50. The van der Waals surface area contributed by atoms with Gasteiger partial charge in [-0.2, -0.15) is 17.0 Å². The van der Waals surface area contributed by atoms with E-state index >= 15 is 0 Å². The third kappa shape index (κ3) is 2.92. The highest BCUT2D eigenvalue weighted by molar-refractivity contribution is 7.86. The van der Waals surface area contributed by atoms with Gasteiger partial charge in [-0.1, -0.05) is 13.8 Å². The molecule has 124 valence electrons. The summed E-state index contributed by atoms with van der Waals surface area (Å²) in [6, 6.07) is 0. The molecule has 0 N–H and O–H groups in total. The first kappa shape index (κ1) is 15.9. The van der Waals surface area contributed by atoms with Crippen molar-refractivity contribution in [1.82, 2.24) is 18.5 Å². The van der Waals surface area contributed by atoms with Crippen molar-refractivity contribution in [3.8, 4) is 0 Å². The number of aromatic nitrogens is 1. The number of hydrogen-bond donors (Lipinski definition) is 0. The zero-order valence-electron chi connectivity index (χ0n) is 13.4. The first-order chi connectivity index (χ1) is 10.4. The lowest BCUT2D eigenvalue weighted by atomic mass is 10.2. The molecule has 1 saturated heterocycles. The Hall–Kier alpha value is -0.960. The van der Waals surface area contributed by atoms with Crippen molar-refractivity contribution >= 4 is 10.2 Å². The van der Waals surface area contributed by atoms with E-state index in [0.717, 1.165) is 24.5 Å². The Balaban J connectivity index is 1.75. The quantitative estimate of drug-likeness (QED) is 0.815. The molecule has 0 aromatic carbocycles. The lowest BCUT2D eigenvalue weighted by molar-refractivity contribution is 0.208. The predicted octanol–water partition coefficient (Wildman–Crippen LogP) is 0.648. The molecule has 0 unspecified atom stereocenters. The lowest BCUT2D eigenvalue weighted by Gasteiger charge is -2.35. The zero-order chi connectivity index (χ0) is 15.9. The maximum absolute atomic E-state index is 12.8. The topological polar surface area (TPSA) is 69.9 Å². The van der Waals surface area contributed by atoms with Gasteiger partial charge in [-0.25, -0.2) is 4.98 Å². The molecule has 3 rings (SSSR count). The van der Waals surface area contributed by atoms with Gasteiger partial charge >= 0.3 is 0 Å². The van der Waals surface area contributed by atoms with Crippen molar-refractivity contribution in [3.05, 3.63) is 17.3 Å². The fourth-order valence-electron chi connectivity index (χ4n) is 2.82. The first-order valence-electron chi connectivity index (χ1n) is 7.80. The van der Waals surface area contributed by atoms with Gasteiger partial charge < -0.3 is 9.32 Å². The molecule has 1 fully saturated rings. The van der Waals surface area contributed by atoms with Gasteiger partial charge in [0, 0.05) is 45.1 Å². The lowest BCUT2D eigenvalue weighted by Crippen LogP contribution is -2.52. The van der Waals surface area contributed by atoms with E-state index in [2.05, 4.69) is 9.88 Å². The number of oxazole rings is 1. The van der Waals surface area contributed by atoms with Crippen molar-refractivity contribution in [2.75, 3.05) is 39.8 Å². The maximum atomic E-state index is 12.8. The monoisotopic (exact) mass is 328 g/mol. The van der Waals surface area contributed by atoms with E-state index in [-0.39, 0.29) is 5.92 Å². The highest BCUT2D eigenvalue weighted by atomic mass is 32.2. The Morgan fingerprint density at radius 3 is 2.41 bits per heavy atom. The van der Waals surface area contributed by atoms with Crippen LogP contribution in [0.4, 0.5) is 0 Å². The Kier molecular flexibility index (Phi) is 4.28. The smallest absolute Gasteiger partial charge is 0.282 e. The number of piperazine rings is 1. The molecule has 1 aromatic rings. The summed E-state index contributed by atoms with van der Waals surface area (Å²) in [5, 5.41) is 0. The molecule has 8 heteroatoms. The van der Waals surface area contributed by atoms with Gasteiger partial charge in [0.2, 0.25) is 0 Å². The molecule has 2 aliphatic rings. The first-order valence-corrected chi connectivity index (χ1v) is 9.20. The van der Waals surface area contributed by atoms with Crippen LogP contribution in [0.2, 0.25) is 0 Å². The fourth-order valence-corrected chi connectivity index (χ4v) is 4.38.